The van der Waals surface area contributed by atoms with Gasteiger partial charge < -0.3 is 19.6 Å². The number of fused-ring (bicyclic) bond motifs is 1. The lowest BCUT2D eigenvalue weighted by atomic mass is 10.3. The summed E-state index contributed by atoms with van der Waals surface area (Å²) < 4.78 is 24.7. The maximum absolute atomic E-state index is 13.8. The van der Waals surface area contributed by atoms with E-state index in [4.69, 9.17) is 9.84 Å². The van der Waals surface area contributed by atoms with Gasteiger partial charge in [0.25, 0.3) is 0 Å². The molecular formula is C13H11FN4O4. The minimum atomic E-state index is -1.44. The van der Waals surface area contributed by atoms with Crippen LogP contribution in [0.4, 0.5) is 9.18 Å². The summed E-state index contributed by atoms with van der Waals surface area (Å²) in [5.74, 6) is -0.0410. The Morgan fingerprint density at radius 2 is 2.32 bits per heavy atom. The highest BCUT2D eigenvalue weighted by atomic mass is 19.1. The maximum atomic E-state index is 13.8. The predicted molar refractivity (Wildman–Crippen MR) is 73.0 cm³/mol. The zero-order chi connectivity index (χ0) is 15.7. The van der Waals surface area contributed by atoms with E-state index in [0.717, 1.165) is 0 Å². The van der Waals surface area contributed by atoms with Crippen LogP contribution in [-0.4, -0.2) is 37.6 Å². The van der Waals surface area contributed by atoms with Crippen molar-refractivity contribution in [2.75, 3.05) is 6.61 Å². The summed E-state index contributed by atoms with van der Waals surface area (Å²) >= 11 is 0. The number of aromatic nitrogens is 4. The molecule has 0 saturated carbocycles. The van der Waals surface area contributed by atoms with Gasteiger partial charge in [-0.05, 0) is 6.92 Å². The topological polar surface area (TPSA) is 102 Å². The van der Waals surface area contributed by atoms with Crippen LogP contribution in [0.15, 0.2) is 24.5 Å². The van der Waals surface area contributed by atoms with Crippen molar-refractivity contribution in [3.63, 3.8) is 0 Å². The smallest absolute Gasteiger partial charge is 0.491 e. The van der Waals surface area contributed by atoms with Crippen LogP contribution in [-0.2, 0) is 0 Å². The van der Waals surface area contributed by atoms with Crippen LogP contribution >= 0.6 is 0 Å². The molecule has 22 heavy (non-hydrogen) atoms. The Labute approximate surface area is 123 Å². The van der Waals surface area contributed by atoms with Crippen LogP contribution in [0.2, 0.25) is 0 Å². The molecule has 0 aliphatic rings. The highest BCUT2D eigenvalue weighted by molar-refractivity contribution is 5.78. The molecule has 0 saturated heterocycles. The quantitative estimate of drug-likeness (QED) is 0.717. The molecule has 1 aromatic carbocycles. The zero-order valence-electron chi connectivity index (χ0n) is 11.4. The lowest BCUT2D eigenvalue weighted by Gasteiger charge is -2.03. The van der Waals surface area contributed by atoms with E-state index in [-0.39, 0.29) is 11.5 Å². The van der Waals surface area contributed by atoms with E-state index in [9.17, 15) is 9.18 Å². The van der Waals surface area contributed by atoms with Crippen molar-refractivity contribution in [2.45, 2.75) is 6.92 Å². The SMILES string of the molecule is CCOc1cc2nc(-n3cc(OC(=O)O)cn3)[nH]c2cc1F. The Bertz CT molecular complexity index is 842. The van der Waals surface area contributed by atoms with E-state index in [1.165, 1.54) is 29.2 Å². The molecule has 3 aromatic rings. The highest BCUT2D eigenvalue weighted by Gasteiger charge is 2.12. The lowest BCUT2D eigenvalue weighted by molar-refractivity contribution is 0.144. The van der Waals surface area contributed by atoms with E-state index in [1.807, 2.05) is 0 Å². The molecule has 0 spiro atoms. The molecule has 0 unspecified atom stereocenters. The van der Waals surface area contributed by atoms with Gasteiger partial charge in [0, 0.05) is 12.1 Å². The van der Waals surface area contributed by atoms with Crippen molar-refractivity contribution >= 4 is 17.2 Å². The van der Waals surface area contributed by atoms with Crippen molar-refractivity contribution in [3.8, 4) is 17.4 Å². The van der Waals surface area contributed by atoms with Crippen LogP contribution in [0, 0.1) is 5.82 Å². The first-order valence-corrected chi connectivity index (χ1v) is 6.34. The number of hydrogen-bond donors (Lipinski definition) is 2. The van der Waals surface area contributed by atoms with E-state index in [1.54, 1.807) is 6.92 Å². The molecule has 0 atom stereocenters. The van der Waals surface area contributed by atoms with Gasteiger partial charge in [0.2, 0.25) is 5.95 Å². The number of carbonyl (C=O) groups is 1. The number of halogens is 1. The molecule has 2 aromatic heterocycles. The number of hydrogen-bond acceptors (Lipinski definition) is 5. The third kappa shape index (κ3) is 2.55. The summed E-state index contributed by atoms with van der Waals surface area (Å²) in [6.45, 7) is 2.10. The first-order valence-electron chi connectivity index (χ1n) is 6.34. The van der Waals surface area contributed by atoms with Crippen molar-refractivity contribution in [3.05, 3.63) is 30.3 Å². The molecule has 3 rings (SSSR count). The van der Waals surface area contributed by atoms with Gasteiger partial charge >= 0.3 is 6.16 Å². The van der Waals surface area contributed by atoms with E-state index >= 15 is 0 Å². The first kappa shape index (κ1) is 13.9. The number of H-pyrrole nitrogens is 1. The van der Waals surface area contributed by atoms with Crippen LogP contribution in [0.25, 0.3) is 17.0 Å². The second kappa shape index (κ2) is 5.35. The number of imidazole rings is 1. The zero-order valence-corrected chi connectivity index (χ0v) is 11.4. The highest BCUT2D eigenvalue weighted by Crippen LogP contribution is 2.24. The van der Waals surface area contributed by atoms with Crippen LogP contribution < -0.4 is 9.47 Å². The van der Waals surface area contributed by atoms with Crippen LogP contribution in [0.5, 0.6) is 11.5 Å². The number of ether oxygens (including phenoxy) is 2. The third-order valence-corrected chi connectivity index (χ3v) is 2.80. The minimum Gasteiger partial charge on any atom is -0.491 e. The van der Waals surface area contributed by atoms with Crippen molar-refractivity contribution in [1.82, 2.24) is 19.7 Å². The normalized spacial score (nSPS) is 10.8. The predicted octanol–water partition coefficient (Wildman–Crippen LogP) is 2.34. The molecule has 0 radical (unpaired) electrons. The number of benzene rings is 1. The van der Waals surface area contributed by atoms with Gasteiger partial charge in [-0.15, -0.1) is 0 Å². The van der Waals surface area contributed by atoms with Gasteiger partial charge in [-0.25, -0.2) is 18.9 Å². The van der Waals surface area contributed by atoms with E-state index in [2.05, 4.69) is 19.8 Å². The Morgan fingerprint density at radius 3 is 3.05 bits per heavy atom. The van der Waals surface area contributed by atoms with E-state index < -0.39 is 12.0 Å². The molecule has 114 valence electrons. The Kier molecular flexibility index (Phi) is 3.37. The summed E-state index contributed by atoms with van der Waals surface area (Å²) in [6, 6.07) is 2.75. The van der Waals surface area contributed by atoms with Gasteiger partial charge in [-0.3, -0.25) is 0 Å². The monoisotopic (exact) mass is 306 g/mol. The maximum Gasteiger partial charge on any atom is 0.511 e. The average Bonchev–Trinajstić information content (AvgIpc) is 3.05. The minimum absolute atomic E-state index is 0.0501. The molecule has 0 aliphatic heterocycles. The number of rotatable bonds is 4. The summed E-state index contributed by atoms with van der Waals surface area (Å²) in [5, 5.41) is 12.5. The number of aromatic amines is 1. The largest absolute Gasteiger partial charge is 0.511 e. The standard InChI is InChI=1S/C13H11FN4O4/c1-2-21-11-4-10-9(3-8(11)14)16-12(17-10)18-6-7(5-15-18)22-13(19)20/h3-6H,2H2,1H3,(H,16,17)(H,19,20). The van der Waals surface area contributed by atoms with Gasteiger partial charge in [-0.1, -0.05) is 0 Å². The molecule has 0 aliphatic carbocycles. The van der Waals surface area contributed by atoms with Gasteiger partial charge in [0.1, 0.15) is 0 Å². The first-order chi connectivity index (χ1) is 10.6. The van der Waals surface area contributed by atoms with Crippen molar-refractivity contribution in [2.24, 2.45) is 0 Å². The molecule has 2 heterocycles. The molecule has 0 fully saturated rings. The fourth-order valence-electron chi connectivity index (χ4n) is 1.95. The second-order valence-electron chi connectivity index (χ2n) is 4.28. The summed E-state index contributed by atoms with van der Waals surface area (Å²) in [7, 11) is 0. The Hall–Kier alpha value is -3.10. The van der Waals surface area contributed by atoms with Gasteiger partial charge in [0.05, 0.1) is 30.0 Å². The fraction of sp³-hybridized carbons (Fsp3) is 0.154. The van der Waals surface area contributed by atoms with Crippen molar-refractivity contribution < 1.29 is 23.8 Å². The molecule has 0 amide bonds. The average molecular weight is 306 g/mol. The van der Waals surface area contributed by atoms with Crippen LogP contribution in [0.3, 0.4) is 0 Å². The molecule has 8 nitrogen and oxygen atoms in total. The lowest BCUT2D eigenvalue weighted by Crippen LogP contribution is -2.02. The molecule has 2 N–H and O–H groups in total. The Morgan fingerprint density at radius 1 is 1.50 bits per heavy atom. The molecule has 9 heteroatoms. The number of carboxylic acid groups (broad SMARTS) is 1. The number of nitrogens with zero attached hydrogens (tertiary/aromatic N) is 3. The Balaban J connectivity index is 1.97. The second-order valence-corrected chi connectivity index (χ2v) is 4.28. The molecular weight excluding hydrogens is 295 g/mol. The summed E-state index contributed by atoms with van der Waals surface area (Å²) in [6.07, 6.45) is 1.13. The van der Waals surface area contributed by atoms with Gasteiger partial charge in [-0.2, -0.15) is 5.10 Å². The van der Waals surface area contributed by atoms with Crippen molar-refractivity contribution in [1.29, 1.82) is 0 Å². The number of nitrogens with one attached hydrogen (secondary N) is 1. The third-order valence-electron chi connectivity index (χ3n) is 2.80. The summed E-state index contributed by atoms with van der Waals surface area (Å²) in [5.41, 5.74) is 0.961. The fourth-order valence-corrected chi connectivity index (χ4v) is 1.95. The molecule has 0 bridgehead atoms. The van der Waals surface area contributed by atoms with E-state index in [0.29, 0.717) is 23.6 Å². The van der Waals surface area contributed by atoms with Gasteiger partial charge in [0.15, 0.2) is 17.3 Å². The summed E-state index contributed by atoms with van der Waals surface area (Å²) in [4.78, 5) is 17.6. The van der Waals surface area contributed by atoms with Crippen LogP contribution in [0.1, 0.15) is 6.92 Å².